The lowest BCUT2D eigenvalue weighted by Gasteiger charge is -2.04. The topological polar surface area (TPSA) is 92.4 Å². The maximum atomic E-state index is 10.7. The first-order valence-electron chi connectivity index (χ1n) is 5.95. The van der Waals surface area contributed by atoms with Crippen LogP contribution in [0.25, 0.3) is 5.65 Å². The molecular weight excluding hydrogens is 258 g/mol. The summed E-state index contributed by atoms with van der Waals surface area (Å²) in [5.41, 5.74) is 1.91. The highest BCUT2D eigenvalue weighted by molar-refractivity contribution is 5.69. The van der Waals surface area contributed by atoms with Crippen LogP contribution in [0, 0.1) is 0 Å². The van der Waals surface area contributed by atoms with E-state index in [0.29, 0.717) is 17.2 Å². The van der Waals surface area contributed by atoms with E-state index in [1.807, 2.05) is 12.1 Å². The number of nitrogens with one attached hydrogen (secondary N) is 1. The Labute approximate surface area is 113 Å². The van der Waals surface area contributed by atoms with Gasteiger partial charge in [0, 0.05) is 6.20 Å². The highest BCUT2D eigenvalue weighted by atomic mass is 16.4. The minimum absolute atomic E-state index is 0.116. The smallest absolute Gasteiger partial charge is 0.309 e. The molecule has 0 atom stereocenters. The van der Waals surface area contributed by atoms with E-state index in [4.69, 9.17) is 5.11 Å². The van der Waals surface area contributed by atoms with Crippen molar-refractivity contribution >= 4 is 23.1 Å². The summed E-state index contributed by atoms with van der Waals surface area (Å²) in [4.78, 5) is 18.9. The fourth-order valence-electron chi connectivity index (χ4n) is 1.82. The molecule has 3 aromatic heterocycles. The highest BCUT2D eigenvalue weighted by Gasteiger charge is 2.07. The zero-order valence-corrected chi connectivity index (χ0v) is 10.4. The third-order valence-electron chi connectivity index (χ3n) is 2.64. The fraction of sp³-hybridized carbons (Fsp3) is 0.0769. The van der Waals surface area contributed by atoms with Crippen LogP contribution in [-0.4, -0.2) is 30.7 Å². The first-order valence-corrected chi connectivity index (χ1v) is 5.95. The summed E-state index contributed by atoms with van der Waals surface area (Å²) in [7, 11) is 0. The molecule has 0 aliphatic heterocycles. The van der Waals surface area contributed by atoms with Gasteiger partial charge in [0.15, 0.2) is 11.5 Å². The van der Waals surface area contributed by atoms with Crippen LogP contribution in [0.4, 0.5) is 11.5 Å². The third kappa shape index (κ3) is 2.56. The number of imidazole rings is 1. The van der Waals surface area contributed by atoms with Crippen LogP contribution in [0.2, 0.25) is 0 Å². The minimum atomic E-state index is -0.915. The molecule has 0 saturated heterocycles. The van der Waals surface area contributed by atoms with Crippen LogP contribution in [0.5, 0.6) is 0 Å². The van der Waals surface area contributed by atoms with E-state index < -0.39 is 5.97 Å². The van der Waals surface area contributed by atoms with Crippen molar-refractivity contribution in [2.24, 2.45) is 0 Å². The first-order chi connectivity index (χ1) is 9.70. The van der Waals surface area contributed by atoms with Crippen molar-refractivity contribution in [3.8, 4) is 0 Å². The van der Waals surface area contributed by atoms with Crippen molar-refractivity contribution in [2.45, 2.75) is 6.42 Å². The summed E-state index contributed by atoms with van der Waals surface area (Å²) in [6.07, 6.45) is 4.87. The molecule has 0 aliphatic carbocycles. The van der Waals surface area contributed by atoms with Gasteiger partial charge in [0.1, 0.15) is 0 Å². The van der Waals surface area contributed by atoms with E-state index in [1.54, 1.807) is 35.2 Å². The Morgan fingerprint density at radius 2 is 2.25 bits per heavy atom. The summed E-state index contributed by atoms with van der Waals surface area (Å²) in [5, 5.41) is 16.2. The molecule has 3 heterocycles. The number of hydrogen-bond donors (Lipinski definition) is 2. The predicted molar refractivity (Wildman–Crippen MR) is 71.8 cm³/mol. The molecule has 0 amide bonds. The van der Waals surface area contributed by atoms with Crippen LogP contribution in [0.1, 0.15) is 5.69 Å². The maximum Gasteiger partial charge on any atom is 0.309 e. The van der Waals surface area contributed by atoms with Crippen LogP contribution >= 0.6 is 0 Å². The molecule has 0 aromatic carbocycles. The fourth-order valence-corrected chi connectivity index (χ4v) is 1.82. The standard InChI is InChI=1S/C13H11N5O2/c19-13(20)6-10-8-18-12(16-10)4-3-11(17-18)15-9-2-1-5-14-7-9/h1-5,7-8H,6H2,(H,15,17)(H,19,20). The van der Waals surface area contributed by atoms with E-state index in [1.165, 1.54) is 0 Å². The predicted octanol–water partition coefficient (Wildman–Crippen LogP) is 1.50. The van der Waals surface area contributed by atoms with Crippen molar-refractivity contribution in [1.82, 2.24) is 19.6 Å². The van der Waals surface area contributed by atoms with Crippen LogP contribution in [-0.2, 0) is 11.2 Å². The SMILES string of the molecule is O=C(O)Cc1cn2nc(Nc3cccnc3)ccc2n1. The number of aliphatic carboxylic acids is 1. The normalized spacial score (nSPS) is 10.6. The Balaban J connectivity index is 1.88. The zero-order chi connectivity index (χ0) is 13.9. The van der Waals surface area contributed by atoms with E-state index in [-0.39, 0.29) is 6.42 Å². The quantitative estimate of drug-likeness (QED) is 0.745. The molecule has 0 fully saturated rings. The van der Waals surface area contributed by atoms with Crippen LogP contribution in [0.15, 0.2) is 42.9 Å². The number of carbonyl (C=O) groups is 1. The largest absolute Gasteiger partial charge is 0.481 e. The summed E-state index contributed by atoms with van der Waals surface area (Å²) < 4.78 is 1.55. The average molecular weight is 269 g/mol. The number of carboxylic acid groups (broad SMARTS) is 1. The molecule has 0 radical (unpaired) electrons. The van der Waals surface area contributed by atoms with Gasteiger partial charge in [-0.3, -0.25) is 9.78 Å². The number of nitrogens with zero attached hydrogens (tertiary/aromatic N) is 4. The third-order valence-corrected chi connectivity index (χ3v) is 2.64. The van der Waals surface area contributed by atoms with E-state index in [2.05, 4.69) is 20.4 Å². The van der Waals surface area contributed by atoms with Crippen molar-refractivity contribution in [1.29, 1.82) is 0 Å². The molecule has 7 heteroatoms. The summed E-state index contributed by atoms with van der Waals surface area (Å²) in [5.74, 6) is -0.285. The molecule has 0 aliphatic rings. The number of aromatic nitrogens is 4. The van der Waals surface area contributed by atoms with Crippen molar-refractivity contribution < 1.29 is 9.90 Å². The van der Waals surface area contributed by atoms with Gasteiger partial charge in [0.25, 0.3) is 0 Å². The number of anilines is 2. The van der Waals surface area contributed by atoms with Crippen LogP contribution < -0.4 is 5.32 Å². The molecule has 20 heavy (non-hydrogen) atoms. The molecule has 7 nitrogen and oxygen atoms in total. The number of carboxylic acids is 1. The molecule has 0 bridgehead atoms. The van der Waals surface area contributed by atoms with E-state index in [0.717, 1.165) is 5.69 Å². The second-order valence-electron chi connectivity index (χ2n) is 4.19. The lowest BCUT2D eigenvalue weighted by atomic mass is 10.3. The molecule has 0 spiro atoms. The van der Waals surface area contributed by atoms with Crippen molar-refractivity contribution in [3.63, 3.8) is 0 Å². The molecule has 2 N–H and O–H groups in total. The molecular formula is C13H11N5O2. The molecule has 100 valence electrons. The van der Waals surface area contributed by atoms with Gasteiger partial charge in [-0.2, -0.15) is 0 Å². The number of rotatable bonds is 4. The van der Waals surface area contributed by atoms with Gasteiger partial charge in [-0.05, 0) is 24.3 Å². The Hall–Kier alpha value is -2.96. The van der Waals surface area contributed by atoms with Gasteiger partial charge < -0.3 is 10.4 Å². The summed E-state index contributed by atoms with van der Waals surface area (Å²) in [6, 6.07) is 7.25. The van der Waals surface area contributed by atoms with Gasteiger partial charge in [-0.1, -0.05) is 0 Å². The molecule has 0 unspecified atom stereocenters. The minimum Gasteiger partial charge on any atom is -0.481 e. The molecule has 3 rings (SSSR count). The maximum absolute atomic E-state index is 10.7. The summed E-state index contributed by atoms with van der Waals surface area (Å²) in [6.45, 7) is 0. The zero-order valence-electron chi connectivity index (χ0n) is 10.4. The lowest BCUT2D eigenvalue weighted by Crippen LogP contribution is -1.99. The van der Waals surface area contributed by atoms with Crippen molar-refractivity contribution in [3.05, 3.63) is 48.5 Å². The molecule has 0 saturated carbocycles. The van der Waals surface area contributed by atoms with Crippen molar-refractivity contribution in [2.75, 3.05) is 5.32 Å². The Morgan fingerprint density at radius 3 is 3.00 bits per heavy atom. The Bertz CT molecular complexity index is 754. The van der Waals surface area contributed by atoms with Gasteiger partial charge in [-0.15, -0.1) is 5.10 Å². The van der Waals surface area contributed by atoms with Crippen LogP contribution in [0.3, 0.4) is 0 Å². The van der Waals surface area contributed by atoms with Gasteiger partial charge in [0.05, 0.1) is 30.2 Å². The second-order valence-corrected chi connectivity index (χ2v) is 4.19. The number of fused-ring (bicyclic) bond motifs is 1. The van der Waals surface area contributed by atoms with Gasteiger partial charge in [0.2, 0.25) is 0 Å². The monoisotopic (exact) mass is 269 g/mol. The molecule has 3 aromatic rings. The lowest BCUT2D eigenvalue weighted by molar-refractivity contribution is -0.136. The first kappa shape index (κ1) is 12.1. The van der Waals surface area contributed by atoms with Gasteiger partial charge in [-0.25, -0.2) is 9.50 Å². The highest BCUT2D eigenvalue weighted by Crippen LogP contribution is 2.13. The van der Waals surface area contributed by atoms with E-state index >= 15 is 0 Å². The summed E-state index contributed by atoms with van der Waals surface area (Å²) >= 11 is 0. The number of hydrogen-bond acceptors (Lipinski definition) is 5. The number of pyridine rings is 1. The second kappa shape index (κ2) is 4.96. The van der Waals surface area contributed by atoms with Gasteiger partial charge >= 0.3 is 5.97 Å². The van der Waals surface area contributed by atoms with E-state index in [9.17, 15) is 4.79 Å². The Morgan fingerprint density at radius 1 is 1.35 bits per heavy atom. The average Bonchev–Trinajstić information content (AvgIpc) is 2.80. The Kier molecular flexibility index (Phi) is 3.00.